The summed E-state index contributed by atoms with van der Waals surface area (Å²) in [5.41, 5.74) is 0.680. The molecule has 1 aromatic carbocycles. The first-order valence-corrected chi connectivity index (χ1v) is 5.42. The van der Waals surface area contributed by atoms with Gasteiger partial charge in [-0.2, -0.15) is 5.26 Å². The molecule has 0 aliphatic heterocycles. The minimum atomic E-state index is 0.680. The van der Waals surface area contributed by atoms with Crippen LogP contribution in [0, 0.1) is 23.2 Å². The second-order valence-electron chi connectivity index (χ2n) is 4.26. The van der Waals surface area contributed by atoms with Gasteiger partial charge in [0, 0.05) is 0 Å². The molecular formula is C13H15NO. The molecule has 0 bridgehead atoms. The van der Waals surface area contributed by atoms with E-state index in [1.807, 2.05) is 12.1 Å². The van der Waals surface area contributed by atoms with Crippen LogP contribution in [0.2, 0.25) is 0 Å². The van der Waals surface area contributed by atoms with Gasteiger partial charge in [-0.25, -0.2) is 0 Å². The Bertz CT molecular complexity index is 363. The lowest BCUT2D eigenvalue weighted by Gasteiger charge is -2.33. The number of nitriles is 1. The van der Waals surface area contributed by atoms with E-state index >= 15 is 0 Å². The van der Waals surface area contributed by atoms with Crippen molar-refractivity contribution in [2.24, 2.45) is 11.8 Å². The number of hydrogen-bond donors (Lipinski definition) is 0. The third-order valence-electron chi connectivity index (χ3n) is 3.25. The fraction of sp³-hybridized carbons (Fsp3) is 0.462. The minimum absolute atomic E-state index is 0.680. The second kappa shape index (κ2) is 4.35. The Kier molecular flexibility index (Phi) is 2.91. The second-order valence-corrected chi connectivity index (χ2v) is 4.26. The van der Waals surface area contributed by atoms with Crippen molar-refractivity contribution >= 4 is 0 Å². The summed E-state index contributed by atoms with van der Waals surface area (Å²) >= 11 is 0. The van der Waals surface area contributed by atoms with E-state index in [2.05, 4.69) is 13.0 Å². The Morgan fingerprint density at radius 2 is 2.07 bits per heavy atom. The molecule has 2 nitrogen and oxygen atoms in total. The van der Waals surface area contributed by atoms with Gasteiger partial charge in [0.05, 0.1) is 18.2 Å². The van der Waals surface area contributed by atoms with E-state index in [0.717, 1.165) is 24.2 Å². The Balaban J connectivity index is 1.86. The molecule has 2 rings (SSSR count). The fourth-order valence-electron chi connectivity index (χ4n) is 1.81. The summed E-state index contributed by atoms with van der Waals surface area (Å²) in [4.78, 5) is 0. The highest BCUT2D eigenvalue weighted by Crippen LogP contribution is 2.33. The third-order valence-corrected chi connectivity index (χ3v) is 3.25. The summed E-state index contributed by atoms with van der Waals surface area (Å²) in [7, 11) is 0. The van der Waals surface area contributed by atoms with Crippen LogP contribution in [-0.2, 0) is 0 Å². The van der Waals surface area contributed by atoms with E-state index < -0.39 is 0 Å². The zero-order chi connectivity index (χ0) is 10.7. The molecule has 2 atom stereocenters. The van der Waals surface area contributed by atoms with Crippen molar-refractivity contribution < 1.29 is 4.74 Å². The first kappa shape index (κ1) is 10.0. The van der Waals surface area contributed by atoms with Crippen molar-refractivity contribution in [1.82, 2.24) is 0 Å². The van der Waals surface area contributed by atoms with Crippen LogP contribution in [-0.4, -0.2) is 6.61 Å². The third kappa shape index (κ3) is 2.30. The van der Waals surface area contributed by atoms with Crippen LogP contribution in [0.5, 0.6) is 5.75 Å². The number of rotatable bonds is 3. The average molecular weight is 201 g/mol. The molecule has 0 radical (unpaired) electrons. The fourth-order valence-corrected chi connectivity index (χ4v) is 1.81. The van der Waals surface area contributed by atoms with E-state index in [9.17, 15) is 0 Å². The van der Waals surface area contributed by atoms with Gasteiger partial charge >= 0.3 is 0 Å². The lowest BCUT2D eigenvalue weighted by Crippen LogP contribution is -2.28. The van der Waals surface area contributed by atoms with Crippen molar-refractivity contribution in [3.63, 3.8) is 0 Å². The maximum Gasteiger partial charge on any atom is 0.119 e. The smallest absolute Gasteiger partial charge is 0.119 e. The van der Waals surface area contributed by atoms with Gasteiger partial charge in [0.1, 0.15) is 5.75 Å². The van der Waals surface area contributed by atoms with Crippen LogP contribution >= 0.6 is 0 Å². The maximum absolute atomic E-state index is 8.64. The van der Waals surface area contributed by atoms with Gasteiger partial charge in [0.2, 0.25) is 0 Å². The van der Waals surface area contributed by atoms with Gasteiger partial charge in [-0.05, 0) is 48.9 Å². The first-order chi connectivity index (χ1) is 7.29. The molecule has 0 heterocycles. The predicted octanol–water partition coefficient (Wildman–Crippen LogP) is 2.98. The minimum Gasteiger partial charge on any atom is -0.493 e. The molecule has 2 heteroatoms. The first-order valence-electron chi connectivity index (χ1n) is 5.42. The van der Waals surface area contributed by atoms with Crippen molar-refractivity contribution in [1.29, 1.82) is 5.26 Å². The molecule has 15 heavy (non-hydrogen) atoms. The molecule has 1 fully saturated rings. The van der Waals surface area contributed by atoms with E-state index in [1.54, 1.807) is 12.1 Å². The molecule has 1 saturated carbocycles. The Morgan fingerprint density at radius 3 is 2.53 bits per heavy atom. The van der Waals surface area contributed by atoms with Crippen molar-refractivity contribution in [2.75, 3.05) is 6.61 Å². The van der Waals surface area contributed by atoms with E-state index in [-0.39, 0.29) is 0 Å². The Labute approximate surface area is 90.5 Å². The van der Waals surface area contributed by atoms with Crippen LogP contribution in [0.4, 0.5) is 0 Å². The average Bonchev–Trinajstić information content (AvgIpc) is 2.28. The van der Waals surface area contributed by atoms with E-state index in [1.165, 1.54) is 12.8 Å². The lowest BCUT2D eigenvalue weighted by atomic mass is 9.75. The Hall–Kier alpha value is -1.49. The number of nitrogens with zero attached hydrogens (tertiary/aromatic N) is 1. The number of benzene rings is 1. The summed E-state index contributed by atoms with van der Waals surface area (Å²) in [5, 5.41) is 8.64. The van der Waals surface area contributed by atoms with Gasteiger partial charge in [0.25, 0.3) is 0 Å². The predicted molar refractivity (Wildman–Crippen MR) is 58.5 cm³/mol. The highest BCUT2D eigenvalue weighted by Gasteiger charge is 2.26. The Morgan fingerprint density at radius 1 is 1.33 bits per heavy atom. The van der Waals surface area contributed by atoms with Gasteiger partial charge < -0.3 is 4.74 Å². The molecule has 0 aromatic heterocycles. The van der Waals surface area contributed by atoms with Gasteiger partial charge in [-0.3, -0.25) is 0 Å². The lowest BCUT2D eigenvalue weighted by molar-refractivity contribution is 0.116. The highest BCUT2D eigenvalue weighted by molar-refractivity contribution is 5.34. The molecule has 78 valence electrons. The zero-order valence-electron chi connectivity index (χ0n) is 8.94. The topological polar surface area (TPSA) is 33.0 Å². The maximum atomic E-state index is 8.64. The van der Waals surface area contributed by atoms with Gasteiger partial charge in [-0.15, -0.1) is 0 Å². The molecule has 1 aliphatic rings. The van der Waals surface area contributed by atoms with Crippen molar-refractivity contribution in [3.05, 3.63) is 29.8 Å². The molecule has 1 aliphatic carbocycles. The summed E-state index contributed by atoms with van der Waals surface area (Å²) in [6, 6.07) is 9.40. The van der Waals surface area contributed by atoms with Crippen LogP contribution in [0.25, 0.3) is 0 Å². The summed E-state index contributed by atoms with van der Waals surface area (Å²) < 4.78 is 5.67. The summed E-state index contributed by atoms with van der Waals surface area (Å²) in [6.07, 6.45) is 2.62. The van der Waals surface area contributed by atoms with Crippen molar-refractivity contribution in [2.45, 2.75) is 19.8 Å². The quantitative estimate of drug-likeness (QED) is 0.753. The van der Waals surface area contributed by atoms with Crippen LogP contribution in [0.3, 0.4) is 0 Å². The standard InChI is InChI=1S/C13H15NO/c1-10-2-5-12(10)9-15-13-6-3-11(8-14)4-7-13/h3-4,6-7,10,12H,2,5,9H2,1H3/t10-,12-/m1/s1. The number of hydrogen-bond acceptors (Lipinski definition) is 2. The van der Waals surface area contributed by atoms with E-state index in [4.69, 9.17) is 10.00 Å². The zero-order valence-corrected chi connectivity index (χ0v) is 8.94. The van der Waals surface area contributed by atoms with Crippen LogP contribution in [0.1, 0.15) is 25.3 Å². The summed E-state index contributed by atoms with van der Waals surface area (Å²) in [6.45, 7) is 3.09. The van der Waals surface area contributed by atoms with Crippen LogP contribution in [0.15, 0.2) is 24.3 Å². The van der Waals surface area contributed by atoms with Crippen molar-refractivity contribution in [3.8, 4) is 11.8 Å². The highest BCUT2D eigenvalue weighted by atomic mass is 16.5. The summed E-state index contributed by atoms with van der Waals surface area (Å²) in [5.74, 6) is 2.40. The monoisotopic (exact) mass is 201 g/mol. The normalized spacial score (nSPS) is 24.0. The SMILES string of the molecule is C[C@@H]1CC[C@@H]1COc1ccc(C#N)cc1. The van der Waals surface area contributed by atoms with Crippen LogP contribution < -0.4 is 4.74 Å². The van der Waals surface area contributed by atoms with Gasteiger partial charge in [-0.1, -0.05) is 6.92 Å². The van der Waals surface area contributed by atoms with E-state index in [0.29, 0.717) is 5.56 Å². The molecule has 1 aromatic rings. The molecule has 0 N–H and O–H groups in total. The van der Waals surface area contributed by atoms with Gasteiger partial charge in [0.15, 0.2) is 0 Å². The largest absolute Gasteiger partial charge is 0.493 e. The molecule has 0 spiro atoms. The molecule has 0 unspecified atom stereocenters. The molecule has 0 saturated heterocycles. The molecule has 0 amide bonds. The molecular weight excluding hydrogens is 186 g/mol. The number of ether oxygens (including phenoxy) is 1.